The van der Waals surface area contributed by atoms with E-state index < -0.39 is 11.9 Å². The van der Waals surface area contributed by atoms with Crippen LogP contribution in [0.3, 0.4) is 0 Å². The second-order valence-electron chi connectivity index (χ2n) is 4.37. The number of esters is 1. The van der Waals surface area contributed by atoms with Crippen LogP contribution in [0.5, 0.6) is 11.5 Å². The first-order chi connectivity index (χ1) is 10.4. The van der Waals surface area contributed by atoms with Gasteiger partial charge >= 0.3 is 12.1 Å². The lowest BCUT2D eigenvalue weighted by molar-refractivity contribution is -0.141. The highest BCUT2D eigenvalue weighted by Crippen LogP contribution is 2.31. The fourth-order valence-corrected chi connectivity index (χ4v) is 1.68. The van der Waals surface area contributed by atoms with Crippen LogP contribution in [0.4, 0.5) is 13.2 Å². The van der Waals surface area contributed by atoms with Crippen LogP contribution in [-0.4, -0.2) is 18.1 Å². The molecule has 2 aromatic rings. The first-order valence-corrected chi connectivity index (χ1v) is 6.25. The number of carbonyl (C=O) groups excluding carboxylic acids is 1. The SMILES string of the molecule is COC(=O)Cc1ccc(Oc2ccnc(C(F)(F)F)c2)cc1. The predicted octanol–water partition coefficient (Wildman–Crippen LogP) is 3.61. The van der Waals surface area contributed by atoms with Crippen molar-refractivity contribution in [2.45, 2.75) is 12.6 Å². The van der Waals surface area contributed by atoms with Gasteiger partial charge in [-0.25, -0.2) is 0 Å². The first kappa shape index (κ1) is 15.8. The quantitative estimate of drug-likeness (QED) is 0.809. The summed E-state index contributed by atoms with van der Waals surface area (Å²) in [5.41, 5.74) is -0.308. The molecule has 116 valence electrons. The van der Waals surface area contributed by atoms with Gasteiger partial charge in [-0.05, 0) is 23.8 Å². The van der Waals surface area contributed by atoms with E-state index in [-0.39, 0.29) is 18.1 Å². The zero-order valence-electron chi connectivity index (χ0n) is 11.6. The molecule has 7 heteroatoms. The Morgan fingerprint density at radius 1 is 1.14 bits per heavy atom. The van der Waals surface area contributed by atoms with Gasteiger partial charge in [0.05, 0.1) is 13.5 Å². The fourth-order valence-electron chi connectivity index (χ4n) is 1.68. The highest BCUT2D eigenvalue weighted by Gasteiger charge is 2.32. The van der Waals surface area contributed by atoms with Crippen molar-refractivity contribution in [3.63, 3.8) is 0 Å². The van der Waals surface area contributed by atoms with Gasteiger partial charge in [0.2, 0.25) is 0 Å². The molecule has 2 rings (SSSR count). The molecular weight excluding hydrogens is 299 g/mol. The molecule has 0 aliphatic rings. The van der Waals surface area contributed by atoms with Crippen molar-refractivity contribution < 1.29 is 27.4 Å². The molecular formula is C15H12F3NO3. The number of halogens is 3. The third-order valence-corrected chi connectivity index (χ3v) is 2.76. The Kier molecular flexibility index (Phi) is 4.65. The van der Waals surface area contributed by atoms with Gasteiger partial charge in [-0.1, -0.05) is 12.1 Å². The number of carbonyl (C=O) groups is 1. The standard InChI is InChI=1S/C15H12F3NO3/c1-21-14(20)8-10-2-4-11(5-3-10)22-12-6-7-19-13(9-12)15(16,17)18/h2-7,9H,8H2,1H3. The predicted molar refractivity (Wildman–Crippen MR) is 71.5 cm³/mol. The van der Waals surface area contributed by atoms with Gasteiger partial charge in [0.15, 0.2) is 0 Å². The molecule has 22 heavy (non-hydrogen) atoms. The third-order valence-electron chi connectivity index (χ3n) is 2.76. The van der Waals surface area contributed by atoms with Gasteiger partial charge in [0.25, 0.3) is 0 Å². The molecule has 4 nitrogen and oxygen atoms in total. The van der Waals surface area contributed by atoms with Crippen LogP contribution in [0.25, 0.3) is 0 Å². The second-order valence-corrected chi connectivity index (χ2v) is 4.37. The molecule has 0 aliphatic heterocycles. The van der Waals surface area contributed by atoms with Gasteiger partial charge in [-0.2, -0.15) is 13.2 Å². The largest absolute Gasteiger partial charge is 0.469 e. The normalized spacial score (nSPS) is 11.1. The molecule has 0 aliphatic carbocycles. The van der Waals surface area contributed by atoms with E-state index in [0.717, 1.165) is 12.3 Å². The Balaban J connectivity index is 2.09. The Labute approximate surface area is 124 Å². The van der Waals surface area contributed by atoms with E-state index in [9.17, 15) is 18.0 Å². The summed E-state index contributed by atoms with van der Waals surface area (Å²) in [6, 6.07) is 8.55. The Hall–Kier alpha value is -2.57. The first-order valence-electron chi connectivity index (χ1n) is 6.25. The Morgan fingerprint density at radius 3 is 2.41 bits per heavy atom. The highest BCUT2D eigenvalue weighted by molar-refractivity contribution is 5.72. The maximum Gasteiger partial charge on any atom is 0.433 e. The number of hydrogen-bond donors (Lipinski definition) is 0. The minimum Gasteiger partial charge on any atom is -0.469 e. The summed E-state index contributed by atoms with van der Waals surface area (Å²) in [6.07, 6.45) is -3.38. The molecule has 1 aromatic heterocycles. The van der Waals surface area contributed by atoms with E-state index in [2.05, 4.69) is 9.72 Å². The lowest BCUT2D eigenvalue weighted by atomic mass is 10.1. The van der Waals surface area contributed by atoms with Crippen molar-refractivity contribution in [3.05, 3.63) is 53.9 Å². The van der Waals surface area contributed by atoms with Crippen molar-refractivity contribution in [1.29, 1.82) is 0 Å². The van der Waals surface area contributed by atoms with Crippen molar-refractivity contribution in [2.24, 2.45) is 0 Å². The van der Waals surface area contributed by atoms with Crippen LogP contribution < -0.4 is 4.74 Å². The third kappa shape index (κ3) is 4.21. The molecule has 0 spiro atoms. The number of ether oxygens (including phenoxy) is 2. The number of alkyl halides is 3. The molecule has 0 atom stereocenters. The van der Waals surface area contributed by atoms with E-state index >= 15 is 0 Å². The van der Waals surface area contributed by atoms with Gasteiger partial charge < -0.3 is 9.47 Å². The fraction of sp³-hybridized carbons (Fsp3) is 0.200. The summed E-state index contributed by atoms with van der Waals surface area (Å²) in [6.45, 7) is 0. The number of hydrogen-bond acceptors (Lipinski definition) is 4. The zero-order chi connectivity index (χ0) is 16.2. The summed E-state index contributed by atoms with van der Waals surface area (Å²) < 4.78 is 47.5. The van der Waals surface area contributed by atoms with E-state index in [1.165, 1.54) is 13.2 Å². The highest BCUT2D eigenvalue weighted by atomic mass is 19.4. The van der Waals surface area contributed by atoms with Crippen LogP contribution in [0.2, 0.25) is 0 Å². The number of benzene rings is 1. The number of methoxy groups -OCH3 is 1. The lowest BCUT2D eigenvalue weighted by Gasteiger charge is -2.09. The molecule has 0 radical (unpaired) electrons. The smallest absolute Gasteiger partial charge is 0.433 e. The number of aromatic nitrogens is 1. The minimum atomic E-state index is -4.52. The number of rotatable bonds is 4. The van der Waals surface area contributed by atoms with Crippen LogP contribution >= 0.6 is 0 Å². The zero-order valence-corrected chi connectivity index (χ0v) is 11.6. The molecule has 0 bridgehead atoms. The summed E-state index contributed by atoms with van der Waals surface area (Å²) in [4.78, 5) is 14.4. The van der Waals surface area contributed by atoms with E-state index in [4.69, 9.17) is 4.74 Å². The molecule has 0 amide bonds. The molecule has 1 heterocycles. The van der Waals surface area contributed by atoms with Gasteiger partial charge in [0, 0.05) is 12.3 Å². The molecule has 0 saturated carbocycles. The maximum atomic E-state index is 12.6. The topological polar surface area (TPSA) is 48.4 Å². The molecule has 0 N–H and O–H groups in total. The number of pyridine rings is 1. The summed E-state index contributed by atoms with van der Waals surface area (Å²) >= 11 is 0. The molecule has 0 saturated heterocycles. The maximum absolute atomic E-state index is 12.6. The van der Waals surface area contributed by atoms with Crippen molar-refractivity contribution in [1.82, 2.24) is 4.98 Å². The van der Waals surface area contributed by atoms with Crippen molar-refractivity contribution in [2.75, 3.05) is 7.11 Å². The minimum absolute atomic E-state index is 0.0306. The Bertz CT molecular complexity index is 654. The summed E-state index contributed by atoms with van der Waals surface area (Å²) in [5, 5.41) is 0. The molecule has 0 fully saturated rings. The lowest BCUT2D eigenvalue weighted by Crippen LogP contribution is -2.07. The van der Waals surface area contributed by atoms with Crippen LogP contribution in [-0.2, 0) is 22.1 Å². The second kappa shape index (κ2) is 6.46. The van der Waals surface area contributed by atoms with Gasteiger partial charge in [0.1, 0.15) is 17.2 Å². The Morgan fingerprint density at radius 2 is 1.82 bits per heavy atom. The van der Waals surface area contributed by atoms with E-state index in [0.29, 0.717) is 11.3 Å². The van der Waals surface area contributed by atoms with Gasteiger partial charge in [-0.15, -0.1) is 0 Å². The summed E-state index contributed by atoms with van der Waals surface area (Å²) in [7, 11) is 1.29. The molecule has 1 aromatic carbocycles. The van der Waals surface area contributed by atoms with Crippen molar-refractivity contribution in [3.8, 4) is 11.5 Å². The van der Waals surface area contributed by atoms with E-state index in [1.807, 2.05) is 0 Å². The van der Waals surface area contributed by atoms with Crippen LogP contribution in [0.1, 0.15) is 11.3 Å². The van der Waals surface area contributed by atoms with Gasteiger partial charge in [-0.3, -0.25) is 9.78 Å². The summed E-state index contributed by atoms with van der Waals surface area (Å²) in [5.74, 6) is 0.00797. The average molecular weight is 311 g/mol. The van der Waals surface area contributed by atoms with Crippen molar-refractivity contribution >= 4 is 5.97 Å². The monoisotopic (exact) mass is 311 g/mol. The van der Waals surface area contributed by atoms with Crippen LogP contribution in [0, 0.1) is 0 Å². The molecule has 0 unspecified atom stereocenters. The van der Waals surface area contributed by atoms with Crippen LogP contribution in [0.15, 0.2) is 42.6 Å². The average Bonchev–Trinajstić information content (AvgIpc) is 2.48. The van der Waals surface area contributed by atoms with E-state index in [1.54, 1.807) is 24.3 Å². The number of nitrogens with zero attached hydrogens (tertiary/aromatic N) is 1.